The Kier molecular flexibility index (Phi) is 4.10. The van der Waals surface area contributed by atoms with Gasteiger partial charge in [0.25, 0.3) is 0 Å². The van der Waals surface area contributed by atoms with Crippen LogP contribution in [0.25, 0.3) is 5.57 Å². The summed E-state index contributed by atoms with van der Waals surface area (Å²) in [5, 5.41) is 19.1. The zero-order chi connectivity index (χ0) is 15.6. The summed E-state index contributed by atoms with van der Waals surface area (Å²) in [5.41, 5.74) is 7.02. The van der Waals surface area contributed by atoms with Gasteiger partial charge in [0.2, 0.25) is 5.89 Å². The lowest BCUT2D eigenvalue weighted by atomic mass is 10.0. The van der Waals surface area contributed by atoms with Crippen molar-refractivity contribution in [3.63, 3.8) is 0 Å². The largest absolute Gasteiger partial charge is 0.507 e. The zero-order valence-electron chi connectivity index (χ0n) is 12.0. The maximum absolute atomic E-state index is 9.88. The molecule has 0 amide bonds. The number of benzene rings is 1. The number of hydrogen-bond acceptors (Lipinski definition) is 5. The van der Waals surface area contributed by atoms with E-state index in [1.165, 1.54) is 0 Å². The number of oxazole rings is 1. The van der Waals surface area contributed by atoms with Crippen LogP contribution in [0.1, 0.15) is 42.8 Å². The summed E-state index contributed by atoms with van der Waals surface area (Å²) in [6.45, 7) is 7.78. The van der Waals surface area contributed by atoms with Crippen molar-refractivity contribution in [2.45, 2.75) is 19.9 Å². The first-order chi connectivity index (χ1) is 9.95. The smallest absolute Gasteiger partial charge is 0.213 e. The minimum atomic E-state index is -0.400. The molecule has 108 valence electrons. The number of nitriles is 1. The van der Waals surface area contributed by atoms with Crippen molar-refractivity contribution in [2.24, 2.45) is 11.7 Å². The number of hydrogen-bond donors (Lipinski definition) is 2. The Morgan fingerprint density at radius 3 is 2.67 bits per heavy atom. The molecule has 0 aliphatic rings. The highest BCUT2D eigenvalue weighted by Gasteiger charge is 2.23. The van der Waals surface area contributed by atoms with Crippen molar-refractivity contribution in [3.8, 4) is 11.8 Å². The van der Waals surface area contributed by atoms with E-state index in [4.69, 9.17) is 10.2 Å². The van der Waals surface area contributed by atoms with Gasteiger partial charge in [-0.25, -0.2) is 4.98 Å². The predicted molar refractivity (Wildman–Crippen MR) is 79.2 cm³/mol. The molecule has 1 atom stereocenters. The minimum absolute atomic E-state index is 0.0671. The van der Waals surface area contributed by atoms with E-state index < -0.39 is 6.04 Å². The maximum Gasteiger partial charge on any atom is 0.213 e. The molecule has 0 bridgehead atoms. The maximum atomic E-state index is 9.88. The van der Waals surface area contributed by atoms with Crippen LogP contribution in [0.3, 0.4) is 0 Å². The SMILES string of the molecule is C=C(c1ccccc1O)c1oc([C@@H](N)C(C)C)nc1C#N. The van der Waals surface area contributed by atoms with E-state index in [1.54, 1.807) is 24.3 Å². The summed E-state index contributed by atoms with van der Waals surface area (Å²) >= 11 is 0. The molecule has 5 heteroatoms. The number of phenols is 1. The predicted octanol–water partition coefficient (Wildman–Crippen LogP) is 2.97. The van der Waals surface area contributed by atoms with Crippen LogP contribution in [0, 0.1) is 17.2 Å². The van der Waals surface area contributed by atoms with Gasteiger partial charge in [0.1, 0.15) is 11.8 Å². The molecule has 0 spiro atoms. The fourth-order valence-corrected chi connectivity index (χ4v) is 1.90. The molecule has 2 rings (SSSR count). The Labute approximate surface area is 123 Å². The zero-order valence-corrected chi connectivity index (χ0v) is 12.0. The van der Waals surface area contributed by atoms with Crippen molar-refractivity contribution in [1.29, 1.82) is 5.26 Å². The monoisotopic (exact) mass is 283 g/mol. The molecular formula is C16H17N3O2. The molecule has 0 fully saturated rings. The number of phenolic OH excluding ortho intramolecular Hbond substituents is 1. The lowest BCUT2D eigenvalue weighted by molar-refractivity contribution is 0.384. The van der Waals surface area contributed by atoms with Crippen LogP contribution in [0.2, 0.25) is 0 Å². The van der Waals surface area contributed by atoms with Crippen molar-refractivity contribution in [3.05, 3.63) is 53.8 Å². The molecule has 0 saturated heterocycles. The molecule has 1 aromatic carbocycles. The van der Waals surface area contributed by atoms with E-state index in [1.807, 2.05) is 19.9 Å². The van der Waals surface area contributed by atoms with Gasteiger partial charge < -0.3 is 15.3 Å². The molecule has 1 heterocycles. The van der Waals surface area contributed by atoms with Crippen LogP contribution < -0.4 is 5.73 Å². The van der Waals surface area contributed by atoms with Crippen molar-refractivity contribution >= 4 is 5.57 Å². The van der Waals surface area contributed by atoms with Gasteiger partial charge in [-0.05, 0) is 12.0 Å². The van der Waals surface area contributed by atoms with Crippen LogP contribution >= 0.6 is 0 Å². The quantitative estimate of drug-likeness (QED) is 0.899. The van der Waals surface area contributed by atoms with Gasteiger partial charge in [-0.15, -0.1) is 0 Å². The van der Waals surface area contributed by atoms with Gasteiger partial charge in [0, 0.05) is 11.1 Å². The molecule has 1 aromatic heterocycles. The Balaban J connectivity index is 2.47. The first-order valence-corrected chi connectivity index (χ1v) is 6.59. The third-order valence-corrected chi connectivity index (χ3v) is 3.26. The molecule has 2 aromatic rings. The van der Waals surface area contributed by atoms with Crippen LogP contribution in [0.15, 0.2) is 35.3 Å². The average Bonchev–Trinajstić information content (AvgIpc) is 2.90. The Hall–Kier alpha value is -2.58. The van der Waals surface area contributed by atoms with Gasteiger partial charge in [-0.3, -0.25) is 0 Å². The van der Waals surface area contributed by atoms with Gasteiger partial charge in [-0.1, -0.05) is 38.6 Å². The lowest BCUT2D eigenvalue weighted by Gasteiger charge is -2.10. The first-order valence-electron chi connectivity index (χ1n) is 6.59. The van der Waals surface area contributed by atoms with E-state index in [0.717, 1.165) is 0 Å². The number of rotatable bonds is 4. The Bertz CT molecular complexity index is 711. The number of nitrogens with zero attached hydrogens (tertiary/aromatic N) is 2. The summed E-state index contributed by atoms with van der Waals surface area (Å²) in [4.78, 5) is 4.13. The van der Waals surface area contributed by atoms with Gasteiger partial charge >= 0.3 is 0 Å². The van der Waals surface area contributed by atoms with E-state index in [0.29, 0.717) is 17.0 Å². The fraction of sp³-hybridized carbons (Fsp3) is 0.250. The molecule has 0 aliphatic carbocycles. The van der Waals surface area contributed by atoms with Crippen molar-refractivity contribution in [2.75, 3.05) is 0 Å². The van der Waals surface area contributed by atoms with Crippen molar-refractivity contribution in [1.82, 2.24) is 4.98 Å². The minimum Gasteiger partial charge on any atom is -0.507 e. The highest BCUT2D eigenvalue weighted by molar-refractivity contribution is 5.80. The second-order valence-corrected chi connectivity index (χ2v) is 5.11. The summed E-state index contributed by atoms with van der Waals surface area (Å²) in [6.07, 6.45) is 0. The average molecular weight is 283 g/mol. The summed E-state index contributed by atoms with van der Waals surface area (Å²) in [6, 6.07) is 8.29. The second kappa shape index (κ2) is 5.81. The molecule has 21 heavy (non-hydrogen) atoms. The molecule has 3 N–H and O–H groups in total. The Morgan fingerprint density at radius 2 is 2.10 bits per heavy atom. The number of aromatic nitrogens is 1. The van der Waals surface area contributed by atoms with E-state index in [-0.39, 0.29) is 23.1 Å². The van der Waals surface area contributed by atoms with Crippen LogP contribution in [-0.2, 0) is 0 Å². The van der Waals surface area contributed by atoms with Gasteiger partial charge in [0.05, 0.1) is 6.04 Å². The van der Waals surface area contributed by atoms with Crippen molar-refractivity contribution < 1.29 is 9.52 Å². The fourth-order valence-electron chi connectivity index (χ4n) is 1.90. The number of nitrogens with two attached hydrogens (primary N) is 1. The summed E-state index contributed by atoms with van der Waals surface area (Å²) < 4.78 is 5.63. The Morgan fingerprint density at radius 1 is 1.43 bits per heavy atom. The third kappa shape index (κ3) is 2.81. The number of aromatic hydroxyl groups is 1. The highest BCUT2D eigenvalue weighted by atomic mass is 16.4. The molecule has 0 aliphatic heterocycles. The normalized spacial score (nSPS) is 12.1. The standard InChI is InChI=1S/C16H17N3O2/c1-9(2)14(18)16-19-12(8-17)15(21-16)10(3)11-6-4-5-7-13(11)20/h4-7,9,14,20H,3,18H2,1-2H3/t14-/m0/s1. The molecular weight excluding hydrogens is 266 g/mol. The van der Waals surface area contributed by atoms with Crippen LogP contribution in [0.4, 0.5) is 0 Å². The first kappa shape index (κ1) is 14.8. The molecule has 0 saturated carbocycles. The van der Waals surface area contributed by atoms with Gasteiger partial charge in [0.15, 0.2) is 11.5 Å². The summed E-state index contributed by atoms with van der Waals surface area (Å²) in [5.74, 6) is 0.733. The van der Waals surface area contributed by atoms with Crippen LogP contribution in [-0.4, -0.2) is 10.1 Å². The van der Waals surface area contributed by atoms with E-state index in [2.05, 4.69) is 11.6 Å². The molecule has 0 radical (unpaired) electrons. The molecule has 5 nitrogen and oxygen atoms in total. The second-order valence-electron chi connectivity index (χ2n) is 5.11. The topological polar surface area (TPSA) is 96.1 Å². The van der Waals surface area contributed by atoms with Gasteiger partial charge in [-0.2, -0.15) is 5.26 Å². The lowest BCUT2D eigenvalue weighted by Crippen LogP contribution is -2.16. The van der Waals surface area contributed by atoms with Crippen LogP contribution in [0.5, 0.6) is 5.75 Å². The highest BCUT2D eigenvalue weighted by Crippen LogP contribution is 2.32. The number of para-hydroxylation sites is 1. The van der Waals surface area contributed by atoms with E-state index in [9.17, 15) is 10.4 Å². The van der Waals surface area contributed by atoms with E-state index >= 15 is 0 Å². The third-order valence-electron chi connectivity index (χ3n) is 3.26. The summed E-state index contributed by atoms with van der Waals surface area (Å²) in [7, 11) is 0. The molecule has 0 unspecified atom stereocenters.